The Balaban J connectivity index is 2.20. The van der Waals surface area contributed by atoms with Crippen molar-refractivity contribution in [3.63, 3.8) is 0 Å². The largest absolute Gasteiger partial charge is 0.361 e. The van der Waals surface area contributed by atoms with Gasteiger partial charge in [0, 0.05) is 23.5 Å². The highest BCUT2D eigenvalue weighted by molar-refractivity contribution is 6.10. The van der Waals surface area contributed by atoms with Crippen LogP contribution in [0.1, 0.15) is 5.56 Å². The summed E-state index contributed by atoms with van der Waals surface area (Å²) in [7, 11) is 0. The molecule has 0 saturated heterocycles. The lowest BCUT2D eigenvalue weighted by Gasteiger charge is -2.07. The summed E-state index contributed by atoms with van der Waals surface area (Å²) in [6.07, 6.45) is 3.46. The van der Waals surface area contributed by atoms with Crippen molar-refractivity contribution in [1.29, 1.82) is 5.26 Å². The molecule has 0 atom stereocenters. The zero-order chi connectivity index (χ0) is 15.1. The average Bonchev–Trinajstić information content (AvgIpc) is 3.08. The minimum atomic E-state index is -0.143. The number of fused-ring (bicyclic) bond motifs is 3. The molecule has 0 fully saturated rings. The van der Waals surface area contributed by atoms with Gasteiger partial charge in [0.2, 0.25) is 0 Å². The van der Waals surface area contributed by atoms with Crippen LogP contribution in [0.5, 0.6) is 0 Å². The maximum absolute atomic E-state index is 12.2. The first kappa shape index (κ1) is 12.4. The molecule has 4 rings (SSSR count). The summed E-state index contributed by atoms with van der Waals surface area (Å²) < 4.78 is 0. The first-order valence-corrected chi connectivity index (χ1v) is 6.90. The molecular formula is C18H11N3O. The molecule has 2 aromatic carbocycles. The van der Waals surface area contributed by atoms with Crippen LogP contribution in [0.25, 0.3) is 32.8 Å². The average molecular weight is 285 g/mol. The van der Waals surface area contributed by atoms with Crippen LogP contribution < -0.4 is 5.56 Å². The van der Waals surface area contributed by atoms with Crippen LogP contribution in [0.15, 0.2) is 59.7 Å². The van der Waals surface area contributed by atoms with E-state index in [1.165, 1.54) is 0 Å². The molecule has 0 amide bonds. The molecule has 0 aliphatic heterocycles. The Morgan fingerprint density at radius 1 is 0.955 bits per heavy atom. The highest BCUT2D eigenvalue weighted by atomic mass is 16.1. The Hall–Kier alpha value is -3.32. The van der Waals surface area contributed by atoms with E-state index in [0.717, 1.165) is 27.4 Å². The third-order valence-electron chi connectivity index (χ3n) is 3.90. The lowest BCUT2D eigenvalue weighted by molar-refractivity contribution is 1.28. The second-order valence-corrected chi connectivity index (χ2v) is 5.15. The minimum Gasteiger partial charge on any atom is -0.361 e. The monoisotopic (exact) mass is 285 g/mol. The maximum Gasteiger partial charge on any atom is 0.256 e. The van der Waals surface area contributed by atoms with E-state index in [0.29, 0.717) is 10.9 Å². The first-order valence-electron chi connectivity index (χ1n) is 6.90. The van der Waals surface area contributed by atoms with Crippen LogP contribution in [-0.4, -0.2) is 9.97 Å². The molecule has 4 heteroatoms. The predicted octanol–water partition coefficient (Wildman–Crippen LogP) is 3.55. The van der Waals surface area contributed by atoms with Gasteiger partial charge < -0.3 is 9.97 Å². The first-order chi connectivity index (χ1) is 10.8. The van der Waals surface area contributed by atoms with E-state index in [-0.39, 0.29) is 5.56 Å². The van der Waals surface area contributed by atoms with Crippen LogP contribution in [-0.2, 0) is 0 Å². The van der Waals surface area contributed by atoms with Gasteiger partial charge in [-0.15, -0.1) is 0 Å². The second-order valence-electron chi connectivity index (χ2n) is 5.15. The van der Waals surface area contributed by atoms with Gasteiger partial charge in [-0.1, -0.05) is 12.1 Å². The van der Waals surface area contributed by atoms with Crippen molar-refractivity contribution >= 4 is 21.5 Å². The number of hydrogen-bond donors (Lipinski definition) is 2. The number of nitrogens with one attached hydrogen (secondary N) is 2. The van der Waals surface area contributed by atoms with E-state index in [9.17, 15) is 10.1 Å². The van der Waals surface area contributed by atoms with Gasteiger partial charge >= 0.3 is 0 Å². The fourth-order valence-electron chi connectivity index (χ4n) is 2.88. The van der Waals surface area contributed by atoms with Gasteiger partial charge in [-0.05, 0) is 46.7 Å². The standard InChI is InChI=1S/C18H11N3O/c19-10-13-8-12-5-7-21-18(22)17(12)15-9-11(3-4-14(13)15)16-2-1-6-20-16/h1-9,20H,(H,21,22). The zero-order valence-electron chi connectivity index (χ0n) is 11.6. The lowest BCUT2D eigenvalue weighted by Crippen LogP contribution is -2.05. The van der Waals surface area contributed by atoms with Gasteiger partial charge in [0.1, 0.15) is 0 Å². The minimum absolute atomic E-state index is 0.143. The molecule has 0 aliphatic rings. The van der Waals surface area contributed by atoms with Crippen LogP contribution in [0, 0.1) is 11.3 Å². The number of aromatic amines is 2. The van der Waals surface area contributed by atoms with Crippen molar-refractivity contribution < 1.29 is 0 Å². The maximum atomic E-state index is 12.2. The SMILES string of the molecule is N#Cc1cc2cc[nH]c(=O)c2c2cc(-c3ccc[nH]3)ccc12. The van der Waals surface area contributed by atoms with Gasteiger partial charge in [0.25, 0.3) is 5.56 Å². The van der Waals surface area contributed by atoms with Crippen molar-refractivity contribution in [2.24, 2.45) is 0 Å². The van der Waals surface area contributed by atoms with Crippen molar-refractivity contribution in [2.75, 3.05) is 0 Å². The molecular weight excluding hydrogens is 274 g/mol. The number of H-pyrrole nitrogens is 2. The number of nitriles is 1. The number of pyridine rings is 1. The zero-order valence-corrected chi connectivity index (χ0v) is 11.6. The van der Waals surface area contributed by atoms with Crippen molar-refractivity contribution in [3.8, 4) is 17.3 Å². The molecule has 4 nitrogen and oxygen atoms in total. The molecule has 0 spiro atoms. The van der Waals surface area contributed by atoms with Gasteiger partial charge in [0.05, 0.1) is 17.0 Å². The Labute approximate surface area is 125 Å². The van der Waals surface area contributed by atoms with E-state index in [2.05, 4.69) is 16.0 Å². The Morgan fingerprint density at radius 2 is 1.86 bits per heavy atom. The van der Waals surface area contributed by atoms with E-state index in [1.54, 1.807) is 12.3 Å². The molecule has 104 valence electrons. The Bertz CT molecular complexity index is 1100. The van der Waals surface area contributed by atoms with E-state index < -0.39 is 0 Å². The van der Waals surface area contributed by atoms with Gasteiger partial charge in [-0.25, -0.2) is 0 Å². The summed E-state index contributed by atoms with van der Waals surface area (Å²) in [5, 5.41) is 12.4. The predicted molar refractivity (Wildman–Crippen MR) is 86.6 cm³/mol. The van der Waals surface area contributed by atoms with Crippen molar-refractivity contribution in [3.05, 3.63) is 70.8 Å². The third-order valence-corrected chi connectivity index (χ3v) is 3.90. The number of aromatic nitrogens is 2. The van der Waals surface area contributed by atoms with Crippen LogP contribution in [0.2, 0.25) is 0 Å². The molecule has 0 radical (unpaired) electrons. The summed E-state index contributed by atoms with van der Waals surface area (Å²) in [5.74, 6) is 0. The molecule has 22 heavy (non-hydrogen) atoms. The summed E-state index contributed by atoms with van der Waals surface area (Å²) >= 11 is 0. The quantitative estimate of drug-likeness (QED) is 0.525. The molecule has 2 aromatic heterocycles. The van der Waals surface area contributed by atoms with Crippen molar-refractivity contribution in [2.45, 2.75) is 0 Å². The van der Waals surface area contributed by atoms with Crippen molar-refractivity contribution in [1.82, 2.24) is 9.97 Å². The van der Waals surface area contributed by atoms with Gasteiger partial charge in [-0.2, -0.15) is 5.26 Å². The molecule has 2 heterocycles. The fourth-order valence-corrected chi connectivity index (χ4v) is 2.88. The summed E-state index contributed by atoms with van der Waals surface area (Å²) in [4.78, 5) is 18.1. The van der Waals surface area contributed by atoms with Gasteiger partial charge in [0.15, 0.2) is 0 Å². The van der Waals surface area contributed by atoms with Crippen LogP contribution in [0.3, 0.4) is 0 Å². The molecule has 0 bridgehead atoms. The smallest absolute Gasteiger partial charge is 0.256 e. The lowest BCUT2D eigenvalue weighted by atomic mass is 9.96. The highest BCUT2D eigenvalue weighted by Crippen LogP contribution is 2.30. The fraction of sp³-hybridized carbons (Fsp3) is 0. The molecule has 0 unspecified atom stereocenters. The molecule has 4 aromatic rings. The number of rotatable bonds is 1. The highest BCUT2D eigenvalue weighted by Gasteiger charge is 2.10. The summed E-state index contributed by atoms with van der Waals surface area (Å²) in [5.41, 5.74) is 2.39. The molecule has 0 saturated carbocycles. The summed E-state index contributed by atoms with van der Waals surface area (Å²) in [6, 6.07) is 15.5. The normalized spacial score (nSPS) is 10.9. The Morgan fingerprint density at radius 3 is 2.64 bits per heavy atom. The topological polar surface area (TPSA) is 72.4 Å². The Kier molecular flexibility index (Phi) is 2.60. The van der Waals surface area contributed by atoms with Gasteiger partial charge in [-0.3, -0.25) is 4.79 Å². The van der Waals surface area contributed by atoms with Crippen LogP contribution in [0.4, 0.5) is 0 Å². The van der Waals surface area contributed by atoms with E-state index >= 15 is 0 Å². The second kappa shape index (κ2) is 4.61. The van der Waals surface area contributed by atoms with Crippen LogP contribution >= 0.6 is 0 Å². The van der Waals surface area contributed by atoms with E-state index in [1.807, 2.05) is 42.6 Å². The third kappa shape index (κ3) is 1.73. The molecule has 0 aliphatic carbocycles. The number of nitrogens with zero attached hydrogens (tertiary/aromatic N) is 1. The summed E-state index contributed by atoms with van der Waals surface area (Å²) in [6.45, 7) is 0. The molecule has 2 N–H and O–H groups in total. The van der Waals surface area contributed by atoms with E-state index in [4.69, 9.17) is 0 Å². The number of hydrogen-bond acceptors (Lipinski definition) is 2. The number of benzene rings is 2.